The predicted molar refractivity (Wildman–Crippen MR) is 215 cm³/mol. The Hall–Kier alpha value is -5.36. The van der Waals surface area contributed by atoms with Gasteiger partial charge in [0.2, 0.25) is 0 Å². The second-order valence-electron chi connectivity index (χ2n) is 14.3. The Morgan fingerprint density at radius 3 is 2.16 bits per heavy atom. The predicted octanol–water partition coefficient (Wildman–Crippen LogP) is 7.03. The van der Waals surface area contributed by atoms with Gasteiger partial charge in [0.1, 0.15) is 6.04 Å². The van der Waals surface area contributed by atoms with E-state index in [4.69, 9.17) is 14.2 Å². The van der Waals surface area contributed by atoms with Crippen molar-refractivity contribution < 1.29 is 34.0 Å². The summed E-state index contributed by atoms with van der Waals surface area (Å²) in [5, 5.41) is 26.4. The largest absolute Gasteiger partial charge is 0.467 e. The number of nitrogens with one attached hydrogen (secondary N) is 2. The van der Waals surface area contributed by atoms with Crippen molar-refractivity contribution in [2.75, 3.05) is 20.7 Å². The van der Waals surface area contributed by atoms with E-state index in [0.29, 0.717) is 19.4 Å². The molecule has 0 saturated carbocycles. The summed E-state index contributed by atoms with van der Waals surface area (Å²) in [7, 11) is 3.31. The molecule has 1 fully saturated rings. The van der Waals surface area contributed by atoms with Gasteiger partial charge < -0.3 is 35.1 Å². The minimum absolute atomic E-state index is 0.0333. The summed E-state index contributed by atoms with van der Waals surface area (Å²) in [4.78, 5) is 27.5. The minimum atomic E-state index is -0.829. The van der Waals surface area contributed by atoms with Gasteiger partial charge in [-0.05, 0) is 65.0 Å². The third kappa shape index (κ3) is 10.7. The molecule has 0 bridgehead atoms. The van der Waals surface area contributed by atoms with Crippen molar-refractivity contribution in [3.05, 3.63) is 167 Å². The number of urea groups is 1. The Balaban J connectivity index is 1.15. The van der Waals surface area contributed by atoms with Crippen molar-refractivity contribution in [1.29, 1.82) is 0 Å². The Morgan fingerprint density at radius 1 is 0.804 bits per heavy atom. The first-order chi connectivity index (χ1) is 27.2. The first-order valence-electron chi connectivity index (χ1n) is 19.0. The standard InChI is InChI=1S/C46H51N3O7/c1-31(43(51)36-15-8-5-9-16-36)49(2)29-40-27-42(35-22-20-33(30-50)21-23-35)56-45(55-40)39-19-11-18-38(26-39)37-17-10-14-34(24-37)28-47-46(53)48-41(44(52)54-3)25-32-12-6-4-7-13-32/h4-24,26,31,40-43,45,50-51H,25,27-30H2,1-3H3,(H2,47,48,53)/t31-,40-,41-,42+,43-,45+/m0/s1. The number of nitrogens with zero attached hydrogens (tertiary/aromatic N) is 1. The zero-order chi connectivity index (χ0) is 39.4. The number of amides is 2. The van der Waals surface area contributed by atoms with Gasteiger partial charge in [-0.1, -0.05) is 121 Å². The van der Waals surface area contributed by atoms with Gasteiger partial charge in [-0.3, -0.25) is 4.90 Å². The molecule has 5 aromatic carbocycles. The number of carbonyl (C=O) groups is 2. The summed E-state index contributed by atoms with van der Waals surface area (Å²) in [5.41, 5.74) is 7.25. The van der Waals surface area contributed by atoms with Crippen molar-refractivity contribution in [3.63, 3.8) is 0 Å². The van der Waals surface area contributed by atoms with Crippen LogP contribution >= 0.6 is 0 Å². The molecule has 1 heterocycles. The van der Waals surface area contributed by atoms with Crippen molar-refractivity contribution in [2.45, 2.75) is 69.6 Å². The summed E-state index contributed by atoms with van der Waals surface area (Å²) >= 11 is 0. The molecule has 1 aliphatic heterocycles. The minimum Gasteiger partial charge on any atom is -0.467 e. The highest BCUT2D eigenvalue weighted by atomic mass is 16.7. The van der Waals surface area contributed by atoms with Crippen LogP contribution < -0.4 is 10.6 Å². The van der Waals surface area contributed by atoms with Crippen LogP contribution in [0.1, 0.15) is 65.2 Å². The number of aliphatic hydroxyl groups is 2. The van der Waals surface area contributed by atoms with Crippen LogP contribution in [-0.2, 0) is 38.6 Å². The average molecular weight is 758 g/mol. The topological polar surface area (TPSA) is 130 Å². The highest BCUT2D eigenvalue weighted by molar-refractivity contribution is 5.83. The number of methoxy groups -OCH3 is 1. The van der Waals surface area contributed by atoms with E-state index in [-0.39, 0.29) is 31.4 Å². The normalized spacial score (nSPS) is 18.4. The summed E-state index contributed by atoms with van der Waals surface area (Å²) < 4.78 is 18.3. The number of rotatable bonds is 15. The van der Waals surface area contributed by atoms with E-state index >= 15 is 0 Å². The molecule has 56 heavy (non-hydrogen) atoms. The van der Waals surface area contributed by atoms with Crippen LogP contribution in [0.5, 0.6) is 0 Å². The number of benzene rings is 5. The van der Waals surface area contributed by atoms with Gasteiger partial charge in [0.15, 0.2) is 6.29 Å². The Bertz CT molecular complexity index is 2010. The molecule has 10 nitrogen and oxygen atoms in total. The molecule has 0 aromatic heterocycles. The number of hydrogen-bond donors (Lipinski definition) is 4. The van der Waals surface area contributed by atoms with Gasteiger partial charge in [0, 0.05) is 37.5 Å². The molecular weight excluding hydrogens is 707 g/mol. The van der Waals surface area contributed by atoms with Gasteiger partial charge >= 0.3 is 12.0 Å². The van der Waals surface area contributed by atoms with Crippen LogP contribution in [0.3, 0.4) is 0 Å². The fraction of sp³-hybridized carbons (Fsp3) is 0.304. The molecule has 0 spiro atoms. The van der Waals surface area contributed by atoms with E-state index in [2.05, 4.69) is 21.6 Å². The Labute approximate surface area is 329 Å². The molecule has 1 aliphatic rings. The molecule has 292 valence electrons. The highest BCUT2D eigenvalue weighted by Gasteiger charge is 2.34. The Kier molecular flexibility index (Phi) is 14.0. The lowest BCUT2D eigenvalue weighted by Crippen LogP contribution is -2.47. The van der Waals surface area contributed by atoms with E-state index in [9.17, 15) is 19.8 Å². The monoisotopic (exact) mass is 757 g/mol. The van der Waals surface area contributed by atoms with E-state index in [1.54, 1.807) is 0 Å². The third-order valence-corrected chi connectivity index (χ3v) is 10.3. The number of carbonyl (C=O) groups excluding carboxylic acids is 2. The molecule has 1 saturated heterocycles. The van der Waals surface area contributed by atoms with Crippen molar-refractivity contribution >= 4 is 12.0 Å². The maximum Gasteiger partial charge on any atom is 0.328 e. The number of esters is 1. The fourth-order valence-electron chi connectivity index (χ4n) is 6.99. The zero-order valence-electron chi connectivity index (χ0n) is 32.1. The summed E-state index contributed by atoms with van der Waals surface area (Å²) in [6.45, 7) is 2.81. The Morgan fingerprint density at radius 2 is 1.46 bits per heavy atom. The fourth-order valence-corrected chi connectivity index (χ4v) is 6.99. The maximum atomic E-state index is 12.9. The lowest BCUT2D eigenvalue weighted by Gasteiger charge is -2.39. The van der Waals surface area contributed by atoms with Crippen LogP contribution in [0, 0.1) is 0 Å². The number of hydrogen-bond acceptors (Lipinski definition) is 8. The molecular formula is C46H51N3O7. The first kappa shape index (κ1) is 40.3. The molecule has 4 N–H and O–H groups in total. The SMILES string of the molecule is COC(=O)[C@H](Cc1ccccc1)NC(=O)NCc1cccc(-c2cccc([C@@H]3O[C@H](CN(C)[C@@H](C)[C@H](O)c4ccccc4)C[C@H](c4ccc(CO)cc4)O3)c2)c1. The molecule has 0 radical (unpaired) electrons. The van der Waals surface area contributed by atoms with Crippen LogP contribution in [0.4, 0.5) is 4.79 Å². The zero-order valence-corrected chi connectivity index (χ0v) is 32.1. The van der Waals surface area contributed by atoms with Gasteiger partial charge in [-0.15, -0.1) is 0 Å². The molecule has 5 aromatic rings. The molecule has 10 heteroatoms. The third-order valence-electron chi connectivity index (χ3n) is 10.3. The van der Waals surface area contributed by atoms with E-state index in [0.717, 1.165) is 44.5 Å². The van der Waals surface area contributed by atoms with Crippen LogP contribution in [0.15, 0.2) is 133 Å². The molecule has 0 aliphatic carbocycles. The van der Waals surface area contributed by atoms with Gasteiger partial charge in [0.05, 0.1) is 32.0 Å². The molecule has 2 amide bonds. The van der Waals surface area contributed by atoms with Crippen molar-refractivity contribution in [2.24, 2.45) is 0 Å². The average Bonchev–Trinajstić information content (AvgIpc) is 3.25. The molecule has 0 unspecified atom stereocenters. The quantitative estimate of drug-likeness (QED) is 0.0839. The number of likely N-dealkylation sites (N-methyl/N-ethyl adjacent to an activating group) is 1. The number of ether oxygens (including phenoxy) is 3. The van der Waals surface area contributed by atoms with Crippen molar-refractivity contribution in [1.82, 2.24) is 15.5 Å². The lowest BCUT2D eigenvalue weighted by atomic mass is 9.97. The van der Waals surface area contributed by atoms with Crippen LogP contribution in [-0.4, -0.2) is 66.0 Å². The number of aliphatic hydroxyl groups excluding tert-OH is 2. The molecule has 6 rings (SSSR count). The van der Waals surface area contributed by atoms with Gasteiger partial charge in [-0.2, -0.15) is 0 Å². The van der Waals surface area contributed by atoms with Gasteiger partial charge in [-0.25, -0.2) is 9.59 Å². The van der Waals surface area contributed by atoms with E-state index in [1.807, 2.05) is 141 Å². The smallest absolute Gasteiger partial charge is 0.328 e. The first-order valence-corrected chi connectivity index (χ1v) is 19.0. The highest BCUT2D eigenvalue weighted by Crippen LogP contribution is 2.39. The van der Waals surface area contributed by atoms with Crippen LogP contribution in [0.2, 0.25) is 0 Å². The second kappa shape index (κ2) is 19.5. The van der Waals surface area contributed by atoms with Crippen LogP contribution in [0.25, 0.3) is 11.1 Å². The second-order valence-corrected chi connectivity index (χ2v) is 14.3. The van der Waals surface area contributed by atoms with Crippen molar-refractivity contribution in [3.8, 4) is 11.1 Å². The maximum absolute atomic E-state index is 12.9. The summed E-state index contributed by atoms with van der Waals surface area (Å²) in [6.07, 6.45) is -0.862. The summed E-state index contributed by atoms with van der Waals surface area (Å²) in [5.74, 6) is -0.516. The lowest BCUT2D eigenvalue weighted by molar-refractivity contribution is -0.253. The van der Waals surface area contributed by atoms with E-state index < -0.39 is 30.4 Å². The van der Waals surface area contributed by atoms with Gasteiger partial charge in [0.25, 0.3) is 0 Å². The van der Waals surface area contributed by atoms with E-state index in [1.165, 1.54) is 7.11 Å². The molecule has 6 atom stereocenters. The summed E-state index contributed by atoms with van der Waals surface area (Å²) in [6, 6.07) is 41.5.